The molecule has 1 fully saturated rings. The molecular formula is C24H34N6O2. The van der Waals surface area contributed by atoms with Gasteiger partial charge in [0.15, 0.2) is 5.96 Å². The fourth-order valence-electron chi connectivity index (χ4n) is 3.52. The fourth-order valence-corrected chi connectivity index (χ4v) is 3.52. The Bertz CT molecular complexity index is 862. The van der Waals surface area contributed by atoms with Crippen LogP contribution in [0.15, 0.2) is 53.7 Å². The number of aromatic nitrogens is 1. The van der Waals surface area contributed by atoms with E-state index in [2.05, 4.69) is 26.6 Å². The van der Waals surface area contributed by atoms with Crippen molar-refractivity contribution in [1.82, 2.24) is 25.4 Å². The molecule has 2 N–H and O–H groups in total. The zero-order chi connectivity index (χ0) is 22.8. The molecule has 0 bridgehead atoms. The molecule has 8 heteroatoms. The molecular weight excluding hydrogens is 404 g/mol. The van der Waals surface area contributed by atoms with Gasteiger partial charge < -0.3 is 20.3 Å². The SMILES string of the molecule is COc1ccc(CN=C(NCC(=O)N(C)C)NC2CCN(Cc3ccccn3)CC2)cc1. The smallest absolute Gasteiger partial charge is 0.241 e. The minimum atomic E-state index is 0.00845. The van der Waals surface area contributed by atoms with Gasteiger partial charge in [-0.1, -0.05) is 18.2 Å². The highest BCUT2D eigenvalue weighted by Crippen LogP contribution is 2.14. The van der Waals surface area contributed by atoms with Crippen molar-refractivity contribution in [2.75, 3.05) is 40.8 Å². The number of nitrogens with zero attached hydrogens (tertiary/aromatic N) is 4. The second kappa shape index (κ2) is 12.0. The molecule has 1 aliphatic rings. The number of amides is 1. The molecule has 3 rings (SSSR count). The molecule has 1 aromatic heterocycles. The fraction of sp³-hybridized carbons (Fsp3) is 0.458. The number of rotatable bonds is 8. The Morgan fingerprint density at radius 1 is 1.19 bits per heavy atom. The number of piperidine rings is 1. The van der Waals surface area contributed by atoms with Crippen LogP contribution in [0.1, 0.15) is 24.1 Å². The van der Waals surface area contributed by atoms with Gasteiger partial charge in [0.2, 0.25) is 5.91 Å². The first-order chi connectivity index (χ1) is 15.5. The summed E-state index contributed by atoms with van der Waals surface area (Å²) >= 11 is 0. The first-order valence-electron chi connectivity index (χ1n) is 11.0. The van der Waals surface area contributed by atoms with Crippen LogP contribution >= 0.6 is 0 Å². The lowest BCUT2D eigenvalue weighted by atomic mass is 10.0. The summed E-state index contributed by atoms with van der Waals surface area (Å²) in [6.07, 6.45) is 3.87. The molecule has 1 amide bonds. The molecule has 0 atom stereocenters. The minimum absolute atomic E-state index is 0.00845. The molecule has 2 aromatic rings. The number of hydrogen-bond donors (Lipinski definition) is 2. The third-order valence-electron chi connectivity index (χ3n) is 5.52. The van der Waals surface area contributed by atoms with Gasteiger partial charge in [0, 0.05) is 46.0 Å². The van der Waals surface area contributed by atoms with Crippen LogP contribution in [0.25, 0.3) is 0 Å². The molecule has 172 valence electrons. The molecule has 2 heterocycles. The van der Waals surface area contributed by atoms with Gasteiger partial charge in [0.25, 0.3) is 0 Å². The Kier molecular flexibility index (Phi) is 8.86. The van der Waals surface area contributed by atoms with Crippen molar-refractivity contribution in [1.29, 1.82) is 0 Å². The van der Waals surface area contributed by atoms with Crippen molar-refractivity contribution in [2.45, 2.75) is 32.0 Å². The highest BCUT2D eigenvalue weighted by molar-refractivity contribution is 5.86. The molecule has 0 spiro atoms. The number of hydrogen-bond acceptors (Lipinski definition) is 5. The van der Waals surface area contributed by atoms with Gasteiger partial charge in [-0.05, 0) is 42.7 Å². The van der Waals surface area contributed by atoms with E-state index < -0.39 is 0 Å². The molecule has 0 aliphatic carbocycles. The monoisotopic (exact) mass is 438 g/mol. The van der Waals surface area contributed by atoms with Crippen molar-refractivity contribution in [3.8, 4) is 5.75 Å². The molecule has 8 nitrogen and oxygen atoms in total. The van der Waals surface area contributed by atoms with E-state index >= 15 is 0 Å². The third-order valence-corrected chi connectivity index (χ3v) is 5.52. The molecule has 0 unspecified atom stereocenters. The van der Waals surface area contributed by atoms with Crippen LogP contribution in [-0.4, -0.2) is 73.5 Å². The van der Waals surface area contributed by atoms with Crippen molar-refractivity contribution in [3.63, 3.8) is 0 Å². The van der Waals surface area contributed by atoms with Crippen LogP contribution in [0.5, 0.6) is 5.75 Å². The first kappa shape index (κ1) is 23.5. The molecule has 0 saturated carbocycles. The molecule has 0 radical (unpaired) electrons. The molecule has 1 saturated heterocycles. The number of ether oxygens (including phenoxy) is 1. The third kappa shape index (κ3) is 7.53. The zero-order valence-corrected chi connectivity index (χ0v) is 19.3. The zero-order valence-electron chi connectivity index (χ0n) is 19.3. The van der Waals surface area contributed by atoms with Crippen molar-refractivity contribution < 1.29 is 9.53 Å². The summed E-state index contributed by atoms with van der Waals surface area (Å²) in [5.74, 6) is 1.50. The maximum atomic E-state index is 12.1. The van der Waals surface area contributed by atoms with Crippen molar-refractivity contribution in [3.05, 3.63) is 59.9 Å². The van der Waals surface area contributed by atoms with E-state index in [1.54, 1.807) is 26.1 Å². The van der Waals surface area contributed by atoms with Gasteiger partial charge in [-0.3, -0.25) is 14.7 Å². The maximum absolute atomic E-state index is 12.1. The minimum Gasteiger partial charge on any atom is -0.497 e. The lowest BCUT2D eigenvalue weighted by Gasteiger charge is -2.33. The predicted molar refractivity (Wildman–Crippen MR) is 127 cm³/mol. The number of pyridine rings is 1. The number of carbonyl (C=O) groups is 1. The Morgan fingerprint density at radius 2 is 1.94 bits per heavy atom. The number of likely N-dealkylation sites (tertiary alicyclic amines) is 1. The highest BCUT2D eigenvalue weighted by Gasteiger charge is 2.20. The average Bonchev–Trinajstić information content (AvgIpc) is 2.82. The summed E-state index contributed by atoms with van der Waals surface area (Å²) in [4.78, 5) is 25.2. The van der Waals surface area contributed by atoms with Gasteiger partial charge in [0.05, 0.1) is 25.9 Å². The Hall–Kier alpha value is -3.13. The predicted octanol–water partition coefficient (Wildman–Crippen LogP) is 1.88. The van der Waals surface area contributed by atoms with Crippen LogP contribution in [0.4, 0.5) is 0 Å². The highest BCUT2D eigenvalue weighted by atomic mass is 16.5. The normalized spacial score (nSPS) is 15.3. The van der Waals surface area contributed by atoms with Gasteiger partial charge in [-0.25, -0.2) is 4.99 Å². The summed E-state index contributed by atoms with van der Waals surface area (Å²) in [7, 11) is 5.16. The van der Waals surface area contributed by atoms with E-state index in [1.807, 2.05) is 42.6 Å². The van der Waals surface area contributed by atoms with E-state index in [4.69, 9.17) is 9.73 Å². The standard InChI is InChI=1S/C24H34N6O2/c1-29(2)23(31)17-27-24(26-16-19-7-9-22(32-3)10-8-19)28-20-11-14-30(15-12-20)18-21-6-4-5-13-25-21/h4-10,13,20H,11-12,14-18H2,1-3H3,(H2,26,27,28). The van der Waals surface area contributed by atoms with Crippen LogP contribution < -0.4 is 15.4 Å². The van der Waals surface area contributed by atoms with E-state index in [0.29, 0.717) is 18.5 Å². The van der Waals surface area contributed by atoms with E-state index in [-0.39, 0.29) is 12.5 Å². The number of guanidine groups is 1. The summed E-state index contributed by atoms with van der Waals surface area (Å²) in [6.45, 7) is 3.60. The van der Waals surface area contributed by atoms with Crippen LogP contribution in [0.3, 0.4) is 0 Å². The number of benzene rings is 1. The second-order valence-electron chi connectivity index (χ2n) is 8.17. The Labute approximate surface area is 190 Å². The number of aliphatic imine (C=N–C) groups is 1. The van der Waals surface area contributed by atoms with Crippen LogP contribution in [-0.2, 0) is 17.9 Å². The maximum Gasteiger partial charge on any atom is 0.241 e. The van der Waals surface area contributed by atoms with Crippen molar-refractivity contribution in [2.24, 2.45) is 4.99 Å². The summed E-state index contributed by atoms with van der Waals surface area (Å²) in [6, 6.07) is 14.2. The topological polar surface area (TPSA) is 82.1 Å². The summed E-state index contributed by atoms with van der Waals surface area (Å²) in [5.41, 5.74) is 2.18. The lowest BCUT2D eigenvalue weighted by Crippen LogP contribution is -2.50. The van der Waals surface area contributed by atoms with Crippen molar-refractivity contribution >= 4 is 11.9 Å². The molecule has 1 aromatic carbocycles. The largest absolute Gasteiger partial charge is 0.497 e. The lowest BCUT2D eigenvalue weighted by molar-refractivity contribution is -0.127. The summed E-state index contributed by atoms with van der Waals surface area (Å²) < 4.78 is 5.22. The van der Waals surface area contributed by atoms with Gasteiger partial charge in [-0.2, -0.15) is 0 Å². The van der Waals surface area contributed by atoms with E-state index in [9.17, 15) is 4.79 Å². The Balaban J connectivity index is 1.55. The second-order valence-corrected chi connectivity index (χ2v) is 8.17. The van der Waals surface area contributed by atoms with Crippen LogP contribution in [0.2, 0.25) is 0 Å². The summed E-state index contributed by atoms with van der Waals surface area (Å²) in [5, 5.41) is 6.72. The van der Waals surface area contributed by atoms with E-state index in [1.165, 1.54) is 0 Å². The van der Waals surface area contributed by atoms with Crippen LogP contribution in [0, 0.1) is 0 Å². The molecule has 1 aliphatic heterocycles. The van der Waals surface area contributed by atoms with Gasteiger partial charge >= 0.3 is 0 Å². The number of carbonyl (C=O) groups excluding carboxylic acids is 1. The number of methoxy groups -OCH3 is 1. The number of likely N-dealkylation sites (N-methyl/N-ethyl adjacent to an activating group) is 1. The molecule has 32 heavy (non-hydrogen) atoms. The quantitative estimate of drug-likeness (QED) is 0.484. The Morgan fingerprint density at radius 3 is 2.56 bits per heavy atom. The van der Waals surface area contributed by atoms with Gasteiger partial charge in [0.1, 0.15) is 5.75 Å². The average molecular weight is 439 g/mol. The number of nitrogens with one attached hydrogen (secondary N) is 2. The first-order valence-corrected chi connectivity index (χ1v) is 11.0. The van der Waals surface area contributed by atoms with E-state index in [0.717, 1.165) is 49.5 Å². The van der Waals surface area contributed by atoms with Gasteiger partial charge in [-0.15, -0.1) is 0 Å².